The highest BCUT2D eigenvalue weighted by Crippen LogP contribution is 2.25. The molecule has 7 heavy (non-hydrogen) atoms. The Bertz CT molecular complexity index is 97.2. The van der Waals surface area contributed by atoms with Crippen LogP contribution in [-0.4, -0.2) is 9.73 Å². The molecule has 0 aromatic rings. The minimum atomic E-state index is -1.58. The highest BCUT2D eigenvalue weighted by molar-refractivity contribution is 6.69. The molecule has 0 aliphatic rings. The summed E-state index contributed by atoms with van der Waals surface area (Å²) in [5, 5.41) is 0. The van der Waals surface area contributed by atoms with Crippen LogP contribution < -0.4 is 0 Å². The first-order valence-electron chi connectivity index (χ1n) is 1.35. The van der Waals surface area contributed by atoms with Crippen molar-refractivity contribution < 1.29 is 4.79 Å². The van der Waals surface area contributed by atoms with Crippen LogP contribution >= 0.6 is 34.8 Å². The van der Waals surface area contributed by atoms with E-state index in [1.165, 1.54) is 5.94 Å². The molecule has 0 fully saturated rings. The standard InChI is InChI=1S/C3HCl3O/c4-3(5,6)1-2-7/h1H. The molecule has 0 bridgehead atoms. The maximum atomic E-state index is 9.39. The number of allylic oxidation sites excluding steroid dienone is 1. The summed E-state index contributed by atoms with van der Waals surface area (Å²) < 4.78 is -1.58. The van der Waals surface area contributed by atoms with Gasteiger partial charge in [-0.1, -0.05) is 34.8 Å². The summed E-state index contributed by atoms with van der Waals surface area (Å²) in [6.45, 7) is 0. The van der Waals surface area contributed by atoms with Crippen LogP contribution in [0.4, 0.5) is 0 Å². The van der Waals surface area contributed by atoms with Gasteiger partial charge in [0.25, 0.3) is 0 Å². The molecule has 0 aliphatic heterocycles. The molecule has 40 valence electrons. The van der Waals surface area contributed by atoms with E-state index in [4.69, 9.17) is 34.8 Å². The van der Waals surface area contributed by atoms with E-state index in [1.807, 2.05) is 0 Å². The number of rotatable bonds is 0. The molecule has 0 amide bonds. The average molecular weight is 159 g/mol. The molecule has 0 N–H and O–H groups in total. The number of hydrogen-bond donors (Lipinski definition) is 0. The maximum Gasteiger partial charge on any atom is 0.219 e. The normalized spacial score (nSPS) is 10.1. The Balaban J connectivity index is 3.80. The molecule has 0 aromatic heterocycles. The van der Waals surface area contributed by atoms with Crippen LogP contribution in [0.1, 0.15) is 0 Å². The Morgan fingerprint density at radius 3 is 1.86 bits per heavy atom. The fourth-order valence-electron chi connectivity index (χ4n) is 0.0668. The van der Waals surface area contributed by atoms with Crippen LogP contribution in [0.3, 0.4) is 0 Å². The summed E-state index contributed by atoms with van der Waals surface area (Å²) in [4.78, 5) is 9.39. The molecule has 0 aliphatic carbocycles. The topological polar surface area (TPSA) is 17.1 Å². The van der Waals surface area contributed by atoms with E-state index < -0.39 is 3.79 Å². The van der Waals surface area contributed by atoms with Gasteiger partial charge in [0.1, 0.15) is 5.94 Å². The Morgan fingerprint density at radius 2 is 1.86 bits per heavy atom. The predicted octanol–water partition coefficient (Wildman–Crippen LogP) is 1.74. The minimum Gasteiger partial charge on any atom is -0.234 e. The quantitative estimate of drug-likeness (QED) is 0.389. The van der Waals surface area contributed by atoms with Gasteiger partial charge in [-0.05, 0) is 0 Å². The molecule has 0 spiro atoms. The first-order chi connectivity index (χ1) is 3.06. The zero-order valence-electron chi connectivity index (χ0n) is 3.12. The van der Waals surface area contributed by atoms with E-state index in [1.54, 1.807) is 0 Å². The summed E-state index contributed by atoms with van der Waals surface area (Å²) in [5.74, 6) is 1.34. The molecular formula is C3HCl3O. The van der Waals surface area contributed by atoms with Crippen molar-refractivity contribution in [1.82, 2.24) is 0 Å². The van der Waals surface area contributed by atoms with Crippen molar-refractivity contribution in [2.75, 3.05) is 0 Å². The zero-order valence-corrected chi connectivity index (χ0v) is 5.39. The first-order valence-corrected chi connectivity index (χ1v) is 2.48. The van der Waals surface area contributed by atoms with Crippen LogP contribution in [0.2, 0.25) is 0 Å². The third-order valence-electron chi connectivity index (χ3n) is 0.223. The summed E-state index contributed by atoms with van der Waals surface area (Å²) in [6, 6.07) is 0. The van der Waals surface area contributed by atoms with Gasteiger partial charge in [-0.2, -0.15) is 0 Å². The molecule has 0 saturated carbocycles. The van der Waals surface area contributed by atoms with Crippen LogP contribution in [0.5, 0.6) is 0 Å². The molecule has 1 nitrogen and oxygen atoms in total. The summed E-state index contributed by atoms with van der Waals surface area (Å²) in [6.07, 6.45) is 0.803. The van der Waals surface area contributed by atoms with E-state index in [2.05, 4.69) is 0 Å². The summed E-state index contributed by atoms with van der Waals surface area (Å²) in [7, 11) is 0. The van der Waals surface area contributed by atoms with Crippen LogP contribution in [0.15, 0.2) is 6.08 Å². The molecule has 0 saturated heterocycles. The van der Waals surface area contributed by atoms with Gasteiger partial charge in [0, 0.05) is 0 Å². The Kier molecular flexibility index (Phi) is 2.70. The molecular weight excluding hydrogens is 158 g/mol. The number of carbonyl (C=O) groups excluding carboxylic acids is 1. The number of alkyl halides is 3. The van der Waals surface area contributed by atoms with E-state index in [-0.39, 0.29) is 0 Å². The van der Waals surface area contributed by atoms with Crippen LogP contribution in [-0.2, 0) is 4.79 Å². The van der Waals surface area contributed by atoms with E-state index in [9.17, 15) is 4.79 Å². The van der Waals surface area contributed by atoms with Crippen LogP contribution in [0, 0.1) is 0 Å². The van der Waals surface area contributed by atoms with Gasteiger partial charge in [-0.15, -0.1) is 0 Å². The molecule has 4 heteroatoms. The Morgan fingerprint density at radius 1 is 1.43 bits per heavy atom. The molecule has 0 atom stereocenters. The third kappa shape index (κ3) is 6.32. The number of halogens is 3. The molecule has 0 heterocycles. The second-order valence-corrected chi connectivity index (χ2v) is 3.17. The van der Waals surface area contributed by atoms with Crippen molar-refractivity contribution >= 4 is 40.7 Å². The lowest BCUT2D eigenvalue weighted by molar-refractivity contribution is 0.568. The largest absolute Gasteiger partial charge is 0.234 e. The van der Waals surface area contributed by atoms with Gasteiger partial charge in [0.2, 0.25) is 3.79 Å². The van der Waals surface area contributed by atoms with Gasteiger partial charge in [-0.25, -0.2) is 4.79 Å². The zero-order chi connectivity index (χ0) is 5.91. The lowest BCUT2D eigenvalue weighted by atomic mass is 10.7. The second-order valence-electron chi connectivity index (χ2n) is 0.804. The summed E-state index contributed by atoms with van der Waals surface area (Å²) >= 11 is 15.1. The smallest absolute Gasteiger partial charge is 0.219 e. The Hall–Kier alpha value is 0.320. The average Bonchev–Trinajstić information content (AvgIpc) is 1.30. The van der Waals surface area contributed by atoms with Gasteiger partial charge in [-0.3, -0.25) is 0 Å². The minimum absolute atomic E-state index is 0.803. The lowest BCUT2D eigenvalue weighted by Crippen LogP contribution is -1.93. The van der Waals surface area contributed by atoms with Crippen molar-refractivity contribution in [3.05, 3.63) is 6.08 Å². The molecule has 0 rings (SSSR count). The molecule has 0 unspecified atom stereocenters. The highest BCUT2D eigenvalue weighted by Gasteiger charge is 2.13. The van der Waals surface area contributed by atoms with Crippen molar-refractivity contribution in [2.45, 2.75) is 3.79 Å². The summed E-state index contributed by atoms with van der Waals surface area (Å²) in [5.41, 5.74) is 0. The number of hydrogen-bond acceptors (Lipinski definition) is 1. The second kappa shape index (κ2) is 2.58. The fraction of sp³-hybridized carbons (Fsp3) is 0.333. The highest BCUT2D eigenvalue weighted by atomic mass is 35.6. The lowest BCUT2D eigenvalue weighted by Gasteiger charge is -1.96. The third-order valence-corrected chi connectivity index (χ3v) is 0.550. The van der Waals surface area contributed by atoms with E-state index >= 15 is 0 Å². The van der Waals surface area contributed by atoms with Gasteiger partial charge in [0.15, 0.2) is 0 Å². The molecule has 0 radical (unpaired) electrons. The van der Waals surface area contributed by atoms with Crippen molar-refractivity contribution in [1.29, 1.82) is 0 Å². The van der Waals surface area contributed by atoms with Crippen molar-refractivity contribution in [3.8, 4) is 0 Å². The van der Waals surface area contributed by atoms with Crippen molar-refractivity contribution in [2.24, 2.45) is 0 Å². The maximum absolute atomic E-state index is 9.39. The Labute approximate surface area is 55.9 Å². The van der Waals surface area contributed by atoms with Gasteiger partial charge < -0.3 is 0 Å². The SMILES string of the molecule is O=C=CC(Cl)(Cl)Cl. The monoisotopic (exact) mass is 158 g/mol. The first kappa shape index (κ1) is 7.32. The fourth-order valence-corrected chi connectivity index (χ4v) is 0.200. The van der Waals surface area contributed by atoms with E-state index in [0.29, 0.717) is 0 Å². The van der Waals surface area contributed by atoms with E-state index in [0.717, 1.165) is 6.08 Å². The van der Waals surface area contributed by atoms with Gasteiger partial charge >= 0.3 is 0 Å². The van der Waals surface area contributed by atoms with Crippen molar-refractivity contribution in [3.63, 3.8) is 0 Å². The molecule has 0 aromatic carbocycles. The predicted molar refractivity (Wildman–Crippen MR) is 30.6 cm³/mol. The van der Waals surface area contributed by atoms with Gasteiger partial charge in [0.05, 0.1) is 6.08 Å². The van der Waals surface area contributed by atoms with Crippen LogP contribution in [0.25, 0.3) is 0 Å².